The summed E-state index contributed by atoms with van der Waals surface area (Å²) in [7, 11) is 2.52. The largest absolute Gasteiger partial charge is 0.506 e. The highest BCUT2D eigenvalue weighted by Crippen LogP contribution is 2.25. The Morgan fingerprint density at radius 3 is 1.22 bits per heavy atom. The van der Waals surface area contributed by atoms with Gasteiger partial charge in [-0.2, -0.15) is 0 Å². The SMILES string of the molecule is Cc1c2cccc1C(=O)NCCN1CCNC(=O)c3cccc(c3O)C(=O)NCCN(CCNC2=O)CCN2CCNC(=O)c3cccc(c3O)C(=O)NCCN(CC1)CC(CCCCNC(=O)CCCC(=O)ON1C(=O)CCC1=O)NC(=O)c1cccc(c1P)C(=O)NCC2. The van der Waals surface area contributed by atoms with Crippen molar-refractivity contribution < 1.29 is 72.6 Å². The van der Waals surface area contributed by atoms with Crippen LogP contribution in [0.5, 0.6) is 11.5 Å². The van der Waals surface area contributed by atoms with Crippen LogP contribution in [0.15, 0.2) is 72.8 Å². The van der Waals surface area contributed by atoms with Crippen LogP contribution in [0.4, 0.5) is 0 Å². The number of carbonyl (C=O) groups is 12. The maximum atomic E-state index is 14.7. The van der Waals surface area contributed by atoms with Crippen LogP contribution < -0.4 is 53.2 Å². The molecule has 12 bridgehead atoms. The highest BCUT2D eigenvalue weighted by molar-refractivity contribution is 7.28. The van der Waals surface area contributed by atoms with Crippen LogP contribution in [0, 0.1) is 6.92 Å². The van der Waals surface area contributed by atoms with Crippen molar-refractivity contribution in [2.75, 3.05) is 131 Å². The van der Waals surface area contributed by atoms with E-state index in [1.807, 2.05) is 19.6 Å². The second-order valence-corrected chi connectivity index (χ2v) is 24.3. The zero-order chi connectivity index (χ0) is 68.7. The first-order valence-corrected chi connectivity index (χ1v) is 33.0. The third-order valence-electron chi connectivity index (χ3n) is 17.0. The van der Waals surface area contributed by atoms with E-state index < -0.39 is 82.6 Å². The Kier molecular flexibility index (Phi) is 27.1. The predicted molar refractivity (Wildman–Crippen MR) is 354 cm³/mol. The average molecular weight is 1350 g/mol. The number of phenols is 2. The zero-order valence-electron chi connectivity index (χ0n) is 53.8. The third kappa shape index (κ3) is 20.6. The van der Waals surface area contributed by atoms with Crippen molar-refractivity contribution in [1.29, 1.82) is 0 Å². The molecular formula is C66H85N14O15P. The number of unbranched alkanes of at least 4 members (excludes halogenated alkanes) is 1. The van der Waals surface area contributed by atoms with Crippen LogP contribution in [-0.2, 0) is 24.0 Å². The van der Waals surface area contributed by atoms with Gasteiger partial charge >= 0.3 is 5.97 Å². The van der Waals surface area contributed by atoms with Gasteiger partial charge in [-0.15, -0.1) is 14.3 Å². The van der Waals surface area contributed by atoms with Gasteiger partial charge in [0.05, 0.1) is 22.3 Å². The number of benzene rings is 4. The number of para-hydroxylation sites is 2. The van der Waals surface area contributed by atoms with Crippen molar-refractivity contribution in [3.05, 3.63) is 123 Å². The number of rotatable bonds is 10. The summed E-state index contributed by atoms with van der Waals surface area (Å²) >= 11 is 0. The lowest BCUT2D eigenvalue weighted by molar-refractivity contribution is -0.197. The molecule has 4 aromatic carbocycles. The summed E-state index contributed by atoms with van der Waals surface area (Å²) in [4.78, 5) is 175. The Labute approximate surface area is 558 Å². The maximum Gasteiger partial charge on any atom is 0.333 e. The lowest BCUT2D eigenvalue weighted by Gasteiger charge is -2.31. The lowest BCUT2D eigenvalue weighted by Crippen LogP contribution is -2.49. The number of nitrogens with one attached hydrogen (secondary N) is 9. The molecule has 5 aliphatic heterocycles. The third-order valence-corrected chi connectivity index (χ3v) is 17.6. The van der Waals surface area contributed by atoms with Crippen molar-refractivity contribution in [1.82, 2.24) is 72.5 Å². The van der Waals surface area contributed by atoms with Gasteiger partial charge < -0.3 is 62.9 Å². The van der Waals surface area contributed by atoms with Crippen molar-refractivity contribution in [3.63, 3.8) is 0 Å². The molecule has 1 saturated heterocycles. The zero-order valence-corrected chi connectivity index (χ0v) is 55.0. The van der Waals surface area contributed by atoms with E-state index >= 15 is 0 Å². The smallest absolute Gasteiger partial charge is 0.333 e. The lowest BCUT2D eigenvalue weighted by atomic mass is 10.0. The van der Waals surface area contributed by atoms with Crippen molar-refractivity contribution in [2.24, 2.45) is 0 Å². The molecule has 0 radical (unpaired) electrons. The van der Waals surface area contributed by atoms with Crippen LogP contribution in [0.25, 0.3) is 0 Å². The minimum atomic E-state index is -0.824. The van der Waals surface area contributed by atoms with Gasteiger partial charge in [0.25, 0.3) is 59.1 Å². The molecule has 11 N–H and O–H groups in total. The first-order valence-electron chi connectivity index (χ1n) is 32.4. The molecular weight excluding hydrogens is 1260 g/mol. The first-order chi connectivity index (χ1) is 46.3. The van der Waals surface area contributed by atoms with Gasteiger partial charge in [0, 0.05) is 185 Å². The number of hydroxylamine groups is 2. The highest BCUT2D eigenvalue weighted by atomic mass is 31.0. The molecule has 0 saturated carbocycles. The minimum absolute atomic E-state index is 0.0160. The van der Waals surface area contributed by atoms with E-state index in [0.29, 0.717) is 48.3 Å². The van der Waals surface area contributed by atoms with Crippen molar-refractivity contribution in [3.8, 4) is 11.5 Å². The van der Waals surface area contributed by atoms with Crippen molar-refractivity contribution in [2.45, 2.75) is 64.3 Å². The molecule has 5 aliphatic rings. The van der Waals surface area contributed by atoms with E-state index in [-0.39, 0.29) is 200 Å². The fourth-order valence-corrected chi connectivity index (χ4v) is 12.0. The summed E-state index contributed by atoms with van der Waals surface area (Å²) in [5, 5.41) is 50.2. The number of fused-ring (bicyclic) bond motifs is 16. The van der Waals surface area contributed by atoms with Crippen LogP contribution in [0.3, 0.4) is 0 Å². The average Bonchev–Trinajstić information content (AvgIpc) is 2.06. The molecule has 6 unspecified atom stereocenters. The van der Waals surface area contributed by atoms with E-state index in [0.717, 1.165) is 0 Å². The van der Waals surface area contributed by atoms with E-state index in [2.05, 4.69) is 57.1 Å². The molecule has 6 atom stereocenters. The Morgan fingerprint density at radius 1 is 0.458 bits per heavy atom. The number of nitrogens with zero attached hydrogens (tertiary/aromatic N) is 5. The first kappa shape index (κ1) is 72.4. The number of phenolic OH excluding ortho intramolecular Hbond substituents is 2. The minimum Gasteiger partial charge on any atom is -0.506 e. The highest BCUT2D eigenvalue weighted by Gasteiger charge is 2.33. The normalized spacial score (nSPS) is 21.4. The van der Waals surface area contributed by atoms with Gasteiger partial charge in [-0.1, -0.05) is 24.3 Å². The summed E-state index contributed by atoms with van der Waals surface area (Å²) in [5.74, 6) is -7.92. The van der Waals surface area contributed by atoms with Gasteiger partial charge in [0.1, 0.15) is 11.5 Å². The van der Waals surface area contributed by atoms with Crippen LogP contribution >= 0.6 is 9.24 Å². The molecule has 514 valence electrons. The van der Waals surface area contributed by atoms with Gasteiger partial charge in [0.2, 0.25) is 5.91 Å². The molecule has 30 heteroatoms. The Morgan fingerprint density at radius 2 is 0.802 bits per heavy atom. The van der Waals surface area contributed by atoms with E-state index in [4.69, 9.17) is 4.84 Å². The second kappa shape index (κ2) is 35.9. The number of hydrogen-bond donors (Lipinski definition) is 11. The van der Waals surface area contributed by atoms with Crippen LogP contribution in [0.2, 0.25) is 0 Å². The van der Waals surface area contributed by atoms with Crippen LogP contribution in [-0.4, -0.2) is 243 Å². The predicted octanol–water partition coefficient (Wildman–Crippen LogP) is -0.473. The molecule has 29 nitrogen and oxygen atoms in total. The standard InChI is InChI=1S/C66H85N14O15P/c1-42-44-10-4-11-45(42)60(88)69-24-31-78-34-27-72-63(91)47-13-5-12-46(56(47)85)61(89)70-25-32-76(30-23-68-59(44)87)37-38-77-33-26-71-62(90)48-14-6-15-49(57(48)86)64(92)73-29-36-79(40-39-78)41-43(75-66(94)51-17-7-16-50(58(51)96)65(93)74-28-35-77)9-2-3-22-67-52(81)18-8-19-55(84)95-80-53(82)20-21-54(80)83/h4-7,10-17,43,85-86H,2-3,8-9,18-41,96H2,1H3,(H,67,81)(H,68,87)(H,69,88)(H,70,89)(H,71,90)(H,72,91)(H,73,92)(H,74,93)(H,75,94). The molecule has 11 amide bonds. The summed E-state index contributed by atoms with van der Waals surface area (Å²) in [6.45, 7) is 4.97. The number of hydrogen-bond acceptors (Lipinski definition) is 19. The van der Waals surface area contributed by atoms with Gasteiger partial charge in [-0.3, -0.25) is 72.3 Å². The summed E-state index contributed by atoms with van der Waals surface area (Å²) in [6, 6.07) is 17.6. The Bertz CT molecular complexity index is 3450. The molecule has 0 spiro atoms. The summed E-state index contributed by atoms with van der Waals surface area (Å²) < 4.78 is 0. The molecule has 1 fully saturated rings. The Balaban J connectivity index is 1.13. The second-order valence-electron chi connectivity index (χ2n) is 23.7. The molecule has 96 heavy (non-hydrogen) atoms. The number of aromatic hydroxyl groups is 2. The molecule has 0 aliphatic carbocycles. The van der Waals surface area contributed by atoms with E-state index in [9.17, 15) is 67.7 Å². The van der Waals surface area contributed by atoms with E-state index in [1.165, 1.54) is 36.4 Å². The van der Waals surface area contributed by atoms with Gasteiger partial charge in [-0.25, -0.2) is 4.79 Å². The fraction of sp³-hybridized carbons (Fsp3) is 0.455. The topological polar surface area (TPSA) is 379 Å². The molecule has 4 aromatic rings. The Hall–Kier alpha value is -9.41. The molecule has 5 heterocycles. The number of imide groups is 1. The van der Waals surface area contributed by atoms with E-state index in [1.54, 1.807) is 43.3 Å². The van der Waals surface area contributed by atoms with Gasteiger partial charge in [0.15, 0.2) is 0 Å². The quantitative estimate of drug-likeness (QED) is 0.0543. The maximum absolute atomic E-state index is 14.7. The van der Waals surface area contributed by atoms with Gasteiger partial charge in [-0.05, 0) is 92.0 Å². The molecule has 9 rings (SSSR count). The van der Waals surface area contributed by atoms with Crippen molar-refractivity contribution >= 4 is 85.5 Å². The number of carbonyl (C=O) groups excluding carboxylic acids is 12. The summed E-state index contributed by atoms with van der Waals surface area (Å²) in [5.41, 5.74) is 0.834. The fourth-order valence-electron chi connectivity index (χ4n) is 11.5. The monoisotopic (exact) mass is 1340 g/mol. The van der Waals surface area contributed by atoms with Crippen LogP contribution in [0.1, 0.15) is 140 Å². The molecule has 0 aromatic heterocycles. The summed E-state index contributed by atoms with van der Waals surface area (Å²) in [6.07, 6.45) is 0.952. The number of amides is 11.